The van der Waals surface area contributed by atoms with Crippen LogP contribution >= 0.6 is 0 Å². The van der Waals surface area contributed by atoms with Gasteiger partial charge in [-0.3, -0.25) is 0 Å². The van der Waals surface area contributed by atoms with Crippen LogP contribution in [0.15, 0.2) is 146 Å². The molecule has 0 unspecified atom stereocenters. The van der Waals surface area contributed by atoms with Gasteiger partial charge in [-0.25, -0.2) is 15.0 Å². The molecule has 0 bridgehead atoms. The number of aromatic nitrogens is 4. The number of fused-ring (bicyclic) bond motifs is 8. The second-order valence-electron chi connectivity index (χ2n) is 18.4. The van der Waals surface area contributed by atoms with Crippen molar-refractivity contribution in [2.75, 3.05) is 0 Å². The second kappa shape index (κ2) is 12.3. The molecule has 2 aromatic heterocycles. The van der Waals surface area contributed by atoms with Crippen LogP contribution in [-0.2, 0) is 16.2 Å². The first-order valence-electron chi connectivity index (χ1n) is 20.7. The summed E-state index contributed by atoms with van der Waals surface area (Å²) in [7, 11) is 0. The van der Waals surface area contributed by atoms with E-state index in [0.717, 1.165) is 27.8 Å². The lowest BCUT2D eigenvalue weighted by Gasteiger charge is -2.42. The molecular formula is C54H46N4. The molecule has 0 spiro atoms. The van der Waals surface area contributed by atoms with Crippen molar-refractivity contribution >= 4 is 32.6 Å². The summed E-state index contributed by atoms with van der Waals surface area (Å²) < 4.78 is 2.47. The van der Waals surface area contributed by atoms with Crippen LogP contribution in [0.2, 0.25) is 0 Å². The van der Waals surface area contributed by atoms with Gasteiger partial charge in [0.05, 0.1) is 11.0 Å². The van der Waals surface area contributed by atoms with Crippen LogP contribution in [0.5, 0.6) is 0 Å². The Bertz CT molecular complexity index is 3150. The fourth-order valence-corrected chi connectivity index (χ4v) is 10.0. The predicted molar refractivity (Wildman–Crippen MR) is 241 cm³/mol. The highest BCUT2D eigenvalue weighted by molar-refractivity contribution is 6.10. The van der Waals surface area contributed by atoms with E-state index in [2.05, 4.69) is 174 Å². The smallest absolute Gasteiger partial charge is 0.164 e. The Morgan fingerprint density at radius 1 is 0.414 bits per heavy atom. The molecule has 4 heteroatoms. The van der Waals surface area contributed by atoms with E-state index in [4.69, 9.17) is 15.0 Å². The van der Waals surface area contributed by atoms with Gasteiger partial charge in [0.25, 0.3) is 0 Å². The maximum Gasteiger partial charge on any atom is 0.164 e. The van der Waals surface area contributed by atoms with Gasteiger partial charge in [0.15, 0.2) is 17.5 Å². The maximum absolute atomic E-state index is 5.22. The van der Waals surface area contributed by atoms with Crippen LogP contribution in [-0.4, -0.2) is 19.5 Å². The molecule has 0 fully saturated rings. The molecule has 282 valence electrons. The molecule has 0 saturated carbocycles. The number of nitrogens with zero attached hydrogens (tertiary/aromatic N) is 4. The Labute approximate surface area is 340 Å². The van der Waals surface area contributed by atoms with Crippen molar-refractivity contribution in [1.29, 1.82) is 0 Å². The fraction of sp³-hybridized carbons (Fsp3) is 0.204. The molecule has 11 rings (SSSR count). The molecule has 2 aliphatic rings. The summed E-state index contributed by atoms with van der Waals surface area (Å²) >= 11 is 0. The summed E-state index contributed by atoms with van der Waals surface area (Å²) in [5.74, 6) is 2.00. The number of para-hydroxylation sites is 1. The van der Waals surface area contributed by atoms with E-state index in [1.165, 1.54) is 73.4 Å². The van der Waals surface area contributed by atoms with E-state index in [0.29, 0.717) is 17.5 Å². The van der Waals surface area contributed by atoms with Crippen LogP contribution in [0.4, 0.5) is 0 Å². The molecule has 2 heterocycles. The topological polar surface area (TPSA) is 43.6 Å². The van der Waals surface area contributed by atoms with E-state index in [1.54, 1.807) is 0 Å². The number of hydrogen-bond donors (Lipinski definition) is 0. The van der Waals surface area contributed by atoms with Crippen molar-refractivity contribution in [1.82, 2.24) is 19.5 Å². The van der Waals surface area contributed by atoms with Crippen molar-refractivity contribution < 1.29 is 0 Å². The highest BCUT2D eigenvalue weighted by Gasteiger charge is 2.38. The van der Waals surface area contributed by atoms with Crippen molar-refractivity contribution in [3.8, 4) is 51.0 Å². The largest absolute Gasteiger partial charge is 0.309 e. The van der Waals surface area contributed by atoms with Crippen LogP contribution < -0.4 is 0 Å². The van der Waals surface area contributed by atoms with E-state index < -0.39 is 0 Å². The highest BCUT2D eigenvalue weighted by atomic mass is 15.0. The third-order valence-corrected chi connectivity index (χ3v) is 13.5. The van der Waals surface area contributed by atoms with Gasteiger partial charge in [-0.05, 0) is 110 Å². The molecule has 0 saturated heterocycles. The highest BCUT2D eigenvalue weighted by Crippen LogP contribution is 2.50. The quantitative estimate of drug-likeness (QED) is 0.180. The van der Waals surface area contributed by atoms with Gasteiger partial charge in [-0.1, -0.05) is 145 Å². The lowest BCUT2D eigenvalue weighted by Crippen LogP contribution is -2.33. The van der Waals surface area contributed by atoms with Crippen molar-refractivity contribution in [3.63, 3.8) is 0 Å². The minimum Gasteiger partial charge on any atom is -0.309 e. The van der Waals surface area contributed by atoms with Crippen molar-refractivity contribution in [2.45, 2.75) is 70.6 Å². The minimum absolute atomic E-state index is 0.113. The molecule has 7 aromatic carbocycles. The molecule has 58 heavy (non-hydrogen) atoms. The van der Waals surface area contributed by atoms with Crippen LogP contribution in [0.25, 0.3) is 83.6 Å². The van der Waals surface area contributed by atoms with Gasteiger partial charge in [0.1, 0.15) is 0 Å². The Balaban J connectivity index is 1.07. The normalized spacial score (nSPS) is 16.0. The number of rotatable bonds is 4. The summed E-state index contributed by atoms with van der Waals surface area (Å²) in [6.45, 7) is 14.3. The summed E-state index contributed by atoms with van der Waals surface area (Å²) in [6, 6.07) is 53.0. The summed E-state index contributed by atoms with van der Waals surface area (Å²) in [4.78, 5) is 15.5. The van der Waals surface area contributed by atoms with E-state index in [-0.39, 0.29) is 16.2 Å². The molecule has 0 radical (unpaired) electrons. The second-order valence-corrected chi connectivity index (χ2v) is 18.4. The number of hydrogen-bond acceptors (Lipinski definition) is 3. The average molecular weight is 751 g/mol. The van der Waals surface area contributed by atoms with Crippen LogP contribution in [0.3, 0.4) is 0 Å². The van der Waals surface area contributed by atoms with Gasteiger partial charge < -0.3 is 4.57 Å². The Morgan fingerprint density at radius 3 is 1.79 bits per heavy atom. The third kappa shape index (κ3) is 5.24. The monoisotopic (exact) mass is 750 g/mol. The molecule has 4 nitrogen and oxygen atoms in total. The molecule has 0 N–H and O–H groups in total. The van der Waals surface area contributed by atoms with E-state index in [1.807, 2.05) is 18.2 Å². The zero-order chi connectivity index (χ0) is 39.6. The molecule has 9 aromatic rings. The van der Waals surface area contributed by atoms with Crippen molar-refractivity contribution in [2.24, 2.45) is 0 Å². The fourth-order valence-electron chi connectivity index (χ4n) is 10.0. The Hall–Kier alpha value is -6.39. The first-order chi connectivity index (χ1) is 28.0. The summed E-state index contributed by atoms with van der Waals surface area (Å²) in [6.07, 6.45) is 2.38. The van der Waals surface area contributed by atoms with Gasteiger partial charge in [0.2, 0.25) is 0 Å². The summed E-state index contributed by atoms with van der Waals surface area (Å²) in [5, 5.41) is 4.92. The van der Waals surface area contributed by atoms with Gasteiger partial charge in [-0.15, -0.1) is 0 Å². The zero-order valence-corrected chi connectivity index (χ0v) is 34.1. The molecule has 0 amide bonds. The van der Waals surface area contributed by atoms with Crippen LogP contribution in [0.1, 0.15) is 76.6 Å². The first-order valence-corrected chi connectivity index (χ1v) is 20.7. The first kappa shape index (κ1) is 34.8. The third-order valence-electron chi connectivity index (χ3n) is 13.5. The Kier molecular flexibility index (Phi) is 7.39. The standard InChI is InChI=1S/C54H46N4/c1-52(2)26-27-53(3,4)46-32-48-42(31-45(46)52)41-17-11-13-19-47(41)58(48)38-24-22-33-20-21-35(28-37(33)29-38)50-55-49(34-14-8-7-9-15-34)56-51(57-50)36-23-25-40-39-16-10-12-18-43(39)54(5,6)44(40)30-36/h7-25,28-32H,26-27H2,1-6H3. The van der Waals surface area contributed by atoms with Gasteiger partial charge in [0, 0.05) is 38.6 Å². The molecule has 0 atom stereocenters. The predicted octanol–water partition coefficient (Wildman–Crippen LogP) is 13.8. The number of benzene rings is 7. The van der Waals surface area contributed by atoms with E-state index >= 15 is 0 Å². The average Bonchev–Trinajstić information content (AvgIpc) is 3.69. The minimum atomic E-state index is -0.126. The molecule has 0 aliphatic heterocycles. The summed E-state index contributed by atoms with van der Waals surface area (Å²) in [5.41, 5.74) is 14.9. The SMILES string of the molecule is CC1(C)CCC(C)(C)c2cc3c(cc21)c1ccccc1n3-c1ccc2ccc(-c3nc(-c4ccccc4)nc(-c4ccc5c(c4)C(C)(C)c4ccccc4-5)n3)cc2c1. The lowest BCUT2D eigenvalue weighted by molar-refractivity contribution is 0.332. The Morgan fingerprint density at radius 2 is 1.02 bits per heavy atom. The van der Waals surface area contributed by atoms with Gasteiger partial charge >= 0.3 is 0 Å². The molecule has 2 aliphatic carbocycles. The maximum atomic E-state index is 5.22. The molecular weight excluding hydrogens is 705 g/mol. The zero-order valence-electron chi connectivity index (χ0n) is 34.1. The van der Waals surface area contributed by atoms with E-state index in [9.17, 15) is 0 Å². The van der Waals surface area contributed by atoms with Crippen LogP contribution in [0, 0.1) is 0 Å². The van der Waals surface area contributed by atoms with Crippen molar-refractivity contribution in [3.05, 3.63) is 168 Å². The lowest BCUT2D eigenvalue weighted by atomic mass is 9.63. The van der Waals surface area contributed by atoms with Gasteiger partial charge in [-0.2, -0.15) is 0 Å².